The molecular weight excluding hydrogens is 436 g/mol. The molecule has 5 nitrogen and oxygen atoms in total. The highest BCUT2D eigenvalue weighted by Gasteiger charge is 2.19. The van der Waals surface area contributed by atoms with Gasteiger partial charge in [0.05, 0.1) is 0 Å². The largest absolute Gasteiger partial charge is 0.473 e. The number of ether oxygens (including phenoxy) is 3. The molecule has 4 aromatic carbocycles. The molecule has 0 radical (unpaired) electrons. The van der Waals surface area contributed by atoms with Crippen LogP contribution in [0.4, 0.5) is 11.4 Å². The number of aryl methyl sites for hydroxylation is 2. The molecular formula is C30H28N2O3. The Morgan fingerprint density at radius 1 is 0.600 bits per heavy atom. The lowest BCUT2D eigenvalue weighted by Gasteiger charge is -2.31. The fourth-order valence-corrected chi connectivity index (χ4v) is 4.59. The summed E-state index contributed by atoms with van der Waals surface area (Å²) < 4.78 is 18.2. The average molecular weight is 465 g/mol. The number of benzene rings is 4. The topological polar surface area (TPSA) is 34.2 Å². The molecule has 0 saturated heterocycles. The van der Waals surface area contributed by atoms with Crippen molar-refractivity contribution in [3.05, 3.63) is 107 Å². The summed E-state index contributed by atoms with van der Waals surface area (Å²) in [5.41, 5.74) is 7.02. The van der Waals surface area contributed by atoms with Gasteiger partial charge in [0.25, 0.3) is 0 Å². The number of hydrogen-bond acceptors (Lipinski definition) is 5. The zero-order valence-corrected chi connectivity index (χ0v) is 20.0. The van der Waals surface area contributed by atoms with Crippen molar-refractivity contribution in [1.82, 2.24) is 0 Å². The Balaban J connectivity index is 1.13. The summed E-state index contributed by atoms with van der Waals surface area (Å²) in [6.07, 6.45) is 0. The van der Waals surface area contributed by atoms with E-state index in [1.807, 2.05) is 24.3 Å². The highest BCUT2D eigenvalue weighted by molar-refractivity contribution is 5.55. The van der Waals surface area contributed by atoms with Crippen molar-refractivity contribution < 1.29 is 14.2 Å². The second-order valence-corrected chi connectivity index (χ2v) is 9.26. The minimum absolute atomic E-state index is 0.523. The zero-order valence-electron chi connectivity index (χ0n) is 20.0. The van der Waals surface area contributed by atoms with Gasteiger partial charge in [0.1, 0.15) is 23.0 Å². The van der Waals surface area contributed by atoms with Crippen LogP contribution in [0.1, 0.15) is 22.3 Å². The van der Waals surface area contributed by atoms with Crippen molar-refractivity contribution in [2.75, 3.05) is 23.3 Å². The molecule has 0 saturated carbocycles. The van der Waals surface area contributed by atoms with Gasteiger partial charge in [-0.1, -0.05) is 30.3 Å². The molecule has 0 unspecified atom stereocenters. The van der Waals surface area contributed by atoms with Crippen LogP contribution < -0.4 is 24.0 Å². The fourth-order valence-electron chi connectivity index (χ4n) is 4.59. The minimum Gasteiger partial charge on any atom is -0.473 e. The van der Waals surface area contributed by atoms with Crippen molar-refractivity contribution in [2.45, 2.75) is 26.9 Å². The summed E-state index contributed by atoms with van der Waals surface area (Å²) in [5.74, 6) is 3.57. The number of anilines is 2. The standard InChI is InChI=1S/C30H28N2O3/c1-21-6-8-23-17-31(19-33-29(23)14-21)25-10-12-27(13-11-25)35-28-5-3-4-26(16-28)32-18-24-9-7-22(2)15-30(24)34-20-32/h3-16H,17-20H2,1-2H3. The van der Waals surface area contributed by atoms with Gasteiger partial charge in [-0.05, 0) is 73.5 Å². The lowest BCUT2D eigenvalue weighted by Crippen LogP contribution is -2.31. The summed E-state index contributed by atoms with van der Waals surface area (Å²) in [6, 6.07) is 29.1. The van der Waals surface area contributed by atoms with Crippen molar-refractivity contribution in [3.8, 4) is 23.0 Å². The first-order chi connectivity index (χ1) is 17.1. The summed E-state index contributed by atoms with van der Waals surface area (Å²) >= 11 is 0. The highest BCUT2D eigenvalue weighted by Crippen LogP contribution is 2.33. The third kappa shape index (κ3) is 4.50. The highest BCUT2D eigenvalue weighted by atomic mass is 16.5. The van der Waals surface area contributed by atoms with E-state index in [0.717, 1.165) is 47.5 Å². The Morgan fingerprint density at radius 3 is 1.83 bits per heavy atom. The molecule has 2 heterocycles. The fraction of sp³-hybridized carbons (Fsp3) is 0.200. The average Bonchev–Trinajstić information content (AvgIpc) is 2.89. The maximum absolute atomic E-state index is 6.19. The molecule has 176 valence electrons. The number of nitrogens with zero attached hydrogens (tertiary/aromatic N) is 2. The summed E-state index contributed by atoms with van der Waals surface area (Å²) in [6.45, 7) is 6.88. The predicted molar refractivity (Wildman–Crippen MR) is 139 cm³/mol. The van der Waals surface area contributed by atoms with E-state index in [-0.39, 0.29) is 0 Å². The van der Waals surface area contributed by atoms with Crippen LogP contribution in [0.25, 0.3) is 0 Å². The molecule has 2 aliphatic heterocycles. The molecule has 0 aromatic heterocycles. The Morgan fingerprint density at radius 2 is 1.20 bits per heavy atom. The second kappa shape index (κ2) is 8.91. The molecule has 0 aliphatic carbocycles. The van der Waals surface area contributed by atoms with Gasteiger partial charge in [-0.2, -0.15) is 0 Å². The molecule has 35 heavy (non-hydrogen) atoms. The maximum atomic E-state index is 6.19. The van der Waals surface area contributed by atoms with Crippen molar-refractivity contribution in [3.63, 3.8) is 0 Å². The predicted octanol–water partition coefficient (Wildman–Crippen LogP) is 6.81. The summed E-state index contributed by atoms with van der Waals surface area (Å²) in [5, 5.41) is 0. The van der Waals surface area contributed by atoms with E-state index < -0.39 is 0 Å². The molecule has 6 rings (SSSR count). The van der Waals surface area contributed by atoms with Crippen LogP contribution >= 0.6 is 0 Å². The Bertz CT molecular complexity index is 1370. The van der Waals surface area contributed by atoms with E-state index in [4.69, 9.17) is 14.2 Å². The van der Waals surface area contributed by atoms with E-state index in [9.17, 15) is 0 Å². The van der Waals surface area contributed by atoms with Gasteiger partial charge in [0.2, 0.25) is 0 Å². The Hall–Kier alpha value is -4.12. The zero-order chi connectivity index (χ0) is 23.8. The maximum Gasteiger partial charge on any atom is 0.161 e. The number of rotatable bonds is 4. The molecule has 0 spiro atoms. The van der Waals surface area contributed by atoms with Crippen molar-refractivity contribution in [2.24, 2.45) is 0 Å². The van der Waals surface area contributed by atoms with Crippen LogP contribution in [0.2, 0.25) is 0 Å². The minimum atomic E-state index is 0.523. The number of fused-ring (bicyclic) bond motifs is 2. The summed E-state index contributed by atoms with van der Waals surface area (Å²) in [7, 11) is 0. The molecule has 4 aromatic rings. The van der Waals surface area contributed by atoms with E-state index in [1.54, 1.807) is 0 Å². The molecule has 0 fully saturated rings. The third-order valence-corrected chi connectivity index (χ3v) is 6.54. The SMILES string of the molecule is Cc1ccc2c(c1)OCN(c1ccc(Oc3cccc(N4COc5cc(C)ccc5C4)c3)cc1)C2. The van der Waals surface area contributed by atoms with Gasteiger partial charge in [-0.25, -0.2) is 0 Å². The molecule has 0 N–H and O–H groups in total. The Kier molecular flexibility index (Phi) is 5.45. The normalized spacial score (nSPS) is 14.5. The molecule has 0 atom stereocenters. The first kappa shape index (κ1) is 21.4. The second-order valence-electron chi connectivity index (χ2n) is 9.26. The molecule has 5 heteroatoms. The smallest absolute Gasteiger partial charge is 0.161 e. The summed E-state index contributed by atoms with van der Waals surface area (Å²) in [4.78, 5) is 4.43. The van der Waals surface area contributed by atoms with Gasteiger partial charge < -0.3 is 24.0 Å². The molecule has 2 aliphatic rings. The lowest BCUT2D eigenvalue weighted by molar-refractivity contribution is 0.289. The quantitative estimate of drug-likeness (QED) is 0.331. The van der Waals surface area contributed by atoms with Crippen molar-refractivity contribution in [1.29, 1.82) is 0 Å². The van der Waals surface area contributed by atoms with E-state index >= 15 is 0 Å². The monoisotopic (exact) mass is 464 g/mol. The van der Waals surface area contributed by atoms with Gasteiger partial charge >= 0.3 is 0 Å². The van der Waals surface area contributed by atoms with E-state index in [1.165, 1.54) is 22.3 Å². The Labute approximate surface area is 206 Å². The van der Waals surface area contributed by atoms with Gasteiger partial charge in [0, 0.05) is 41.7 Å². The third-order valence-electron chi connectivity index (χ3n) is 6.54. The van der Waals surface area contributed by atoms with Crippen LogP contribution in [-0.4, -0.2) is 13.5 Å². The first-order valence-electron chi connectivity index (χ1n) is 11.9. The van der Waals surface area contributed by atoms with Crippen LogP contribution in [0.5, 0.6) is 23.0 Å². The van der Waals surface area contributed by atoms with E-state index in [0.29, 0.717) is 13.5 Å². The van der Waals surface area contributed by atoms with Crippen LogP contribution in [0, 0.1) is 13.8 Å². The van der Waals surface area contributed by atoms with Crippen molar-refractivity contribution >= 4 is 11.4 Å². The number of hydrogen-bond donors (Lipinski definition) is 0. The van der Waals surface area contributed by atoms with Crippen LogP contribution in [0.15, 0.2) is 84.9 Å². The van der Waals surface area contributed by atoms with E-state index in [2.05, 4.69) is 84.3 Å². The lowest BCUT2D eigenvalue weighted by atomic mass is 10.1. The molecule has 0 amide bonds. The van der Waals surface area contributed by atoms with Gasteiger partial charge in [-0.3, -0.25) is 0 Å². The van der Waals surface area contributed by atoms with Crippen LogP contribution in [-0.2, 0) is 13.1 Å². The van der Waals surface area contributed by atoms with Crippen LogP contribution in [0.3, 0.4) is 0 Å². The van der Waals surface area contributed by atoms with Gasteiger partial charge in [-0.15, -0.1) is 0 Å². The van der Waals surface area contributed by atoms with Gasteiger partial charge in [0.15, 0.2) is 13.5 Å². The first-order valence-corrected chi connectivity index (χ1v) is 11.9. The molecule has 0 bridgehead atoms.